The molecule has 0 spiro atoms. The Morgan fingerprint density at radius 3 is 2.77 bits per heavy atom. The highest BCUT2D eigenvalue weighted by Crippen LogP contribution is 2.25. The number of ether oxygens (including phenoxy) is 1. The Morgan fingerprint density at radius 2 is 1.96 bits per heavy atom. The molecule has 0 saturated heterocycles. The van der Waals surface area contributed by atoms with Gasteiger partial charge in [-0.2, -0.15) is 0 Å². The van der Waals surface area contributed by atoms with E-state index >= 15 is 0 Å². The summed E-state index contributed by atoms with van der Waals surface area (Å²) in [7, 11) is 1.93. The van der Waals surface area contributed by atoms with E-state index in [0.29, 0.717) is 32.4 Å². The van der Waals surface area contributed by atoms with Crippen molar-refractivity contribution in [2.75, 3.05) is 13.2 Å². The number of fused-ring (bicyclic) bond motifs is 1. The summed E-state index contributed by atoms with van der Waals surface area (Å²) in [6.45, 7) is 2.99. The van der Waals surface area contributed by atoms with Crippen LogP contribution >= 0.6 is 0 Å². The highest BCUT2D eigenvalue weighted by Gasteiger charge is 2.07. The second kappa shape index (κ2) is 8.47. The maximum absolute atomic E-state index is 11.9. The van der Waals surface area contributed by atoms with Gasteiger partial charge >= 0.3 is 0 Å². The first kappa shape index (κ1) is 17.9. The first-order chi connectivity index (χ1) is 12.6. The van der Waals surface area contributed by atoms with E-state index < -0.39 is 0 Å². The number of carbonyl (C=O) groups is 1. The van der Waals surface area contributed by atoms with Crippen LogP contribution in [-0.2, 0) is 18.3 Å². The number of aryl methyl sites for hydroxylation is 1. The van der Waals surface area contributed by atoms with Gasteiger partial charge in [0.25, 0.3) is 0 Å². The molecule has 0 aliphatic rings. The summed E-state index contributed by atoms with van der Waals surface area (Å²) in [5.74, 6) is 2.64. The Kier molecular flexibility index (Phi) is 5.84. The highest BCUT2D eigenvalue weighted by atomic mass is 16.5. The smallest absolute Gasteiger partial charge is 0.220 e. The average Bonchev–Trinajstić information content (AvgIpc) is 2.97. The number of amides is 1. The first-order valence-electron chi connectivity index (χ1n) is 8.87. The maximum atomic E-state index is 11.9. The van der Waals surface area contributed by atoms with Crippen LogP contribution in [0.4, 0.5) is 0 Å². The number of hydrogen-bond donors (Lipinski definition) is 1. The van der Waals surface area contributed by atoms with E-state index in [4.69, 9.17) is 4.74 Å². The van der Waals surface area contributed by atoms with Crippen molar-refractivity contribution in [3.8, 4) is 5.75 Å². The molecule has 1 amide bonds. The molecule has 2 aromatic carbocycles. The van der Waals surface area contributed by atoms with Gasteiger partial charge in [0.05, 0.1) is 6.61 Å². The van der Waals surface area contributed by atoms with Crippen LogP contribution in [0.25, 0.3) is 10.8 Å². The van der Waals surface area contributed by atoms with Gasteiger partial charge in [0.15, 0.2) is 0 Å². The predicted octanol–water partition coefficient (Wildman–Crippen LogP) is 2.79. The molecule has 0 aliphatic carbocycles. The molecule has 3 rings (SSSR count). The van der Waals surface area contributed by atoms with Gasteiger partial charge in [-0.25, -0.2) is 0 Å². The molecule has 3 aromatic rings. The van der Waals surface area contributed by atoms with E-state index in [1.165, 1.54) is 0 Å². The van der Waals surface area contributed by atoms with Gasteiger partial charge in [-0.3, -0.25) is 4.79 Å². The van der Waals surface area contributed by atoms with Gasteiger partial charge in [-0.05, 0) is 24.8 Å². The van der Waals surface area contributed by atoms with Crippen molar-refractivity contribution in [2.45, 2.75) is 26.2 Å². The Balaban J connectivity index is 1.38. The Labute approximate surface area is 153 Å². The van der Waals surface area contributed by atoms with Crippen LogP contribution in [-0.4, -0.2) is 33.8 Å². The monoisotopic (exact) mass is 352 g/mol. The fraction of sp³-hybridized carbons (Fsp3) is 0.350. The van der Waals surface area contributed by atoms with E-state index in [1.807, 2.05) is 48.9 Å². The molecule has 0 aliphatic heterocycles. The number of hydrogen-bond acceptors (Lipinski definition) is 4. The normalized spacial score (nSPS) is 10.8. The minimum Gasteiger partial charge on any atom is -0.493 e. The average molecular weight is 352 g/mol. The molecule has 1 aromatic heterocycles. The van der Waals surface area contributed by atoms with Crippen LogP contribution < -0.4 is 10.1 Å². The lowest BCUT2D eigenvalue weighted by Crippen LogP contribution is -2.26. The van der Waals surface area contributed by atoms with Crippen molar-refractivity contribution < 1.29 is 9.53 Å². The van der Waals surface area contributed by atoms with Crippen LogP contribution in [0.2, 0.25) is 0 Å². The minimum atomic E-state index is 0.0328. The third-order valence-electron chi connectivity index (χ3n) is 4.41. The molecular weight excluding hydrogens is 328 g/mol. The number of benzene rings is 2. The van der Waals surface area contributed by atoms with Crippen molar-refractivity contribution >= 4 is 16.7 Å². The summed E-state index contributed by atoms with van der Waals surface area (Å²) in [5, 5.41) is 13.3. The third kappa shape index (κ3) is 4.39. The topological polar surface area (TPSA) is 69.0 Å². The Hall–Kier alpha value is -2.89. The molecule has 0 fully saturated rings. The summed E-state index contributed by atoms with van der Waals surface area (Å²) >= 11 is 0. The summed E-state index contributed by atoms with van der Waals surface area (Å²) in [5.41, 5.74) is 0. The molecule has 6 nitrogen and oxygen atoms in total. The van der Waals surface area contributed by atoms with Crippen molar-refractivity contribution in [3.05, 3.63) is 54.1 Å². The highest BCUT2D eigenvalue weighted by molar-refractivity contribution is 5.88. The lowest BCUT2D eigenvalue weighted by atomic mass is 10.1. The van der Waals surface area contributed by atoms with E-state index in [0.717, 1.165) is 28.2 Å². The number of nitrogens with zero attached hydrogens (tertiary/aromatic N) is 3. The number of rotatable bonds is 8. The largest absolute Gasteiger partial charge is 0.493 e. The predicted molar refractivity (Wildman–Crippen MR) is 101 cm³/mol. The van der Waals surface area contributed by atoms with Crippen molar-refractivity contribution in [2.24, 2.45) is 7.05 Å². The molecule has 6 heteroatoms. The fourth-order valence-corrected chi connectivity index (χ4v) is 2.81. The zero-order valence-corrected chi connectivity index (χ0v) is 15.2. The number of carbonyl (C=O) groups excluding carboxylic acids is 1. The molecule has 26 heavy (non-hydrogen) atoms. The number of aromatic nitrogens is 3. The van der Waals surface area contributed by atoms with Gasteiger partial charge in [0.1, 0.15) is 17.4 Å². The van der Waals surface area contributed by atoms with Gasteiger partial charge < -0.3 is 14.6 Å². The third-order valence-corrected chi connectivity index (χ3v) is 4.41. The van der Waals surface area contributed by atoms with Gasteiger partial charge in [0, 0.05) is 31.8 Å². The summed E-state index contributed by atoms with van der Waals surface area (Å²) in [6, 6.07) is 14.1. The minimum absolute atomic E-state index is 0.0328. The molecule has 0 bridgehead atoms. The Bertz CT molecular complexity index is 883. The first-order valence-corrected chi connectivity index (χ1v) is 8.87. The number of nitrogens with one attached hydrogen (secondary N) is 1. The summed E-state index contributed by atoms with van der Waals surface area (Å²) in [6.07, 6.45) is 1.80. The van der Waals surface area contributed by atoms with E-state index in [-0.39, 0.29) is 5.91 Å². The zero-order valence-electron chi connectivity index (χ0n) is 15.2. The summed E-state index contributed by atoms with van der Waals surface area (Å²) < 4.78 is 7.80. The van der Waals surface area contributed by atoms with Crippen molar-refractivity contribution in [3.63, 3.8) is 0 Å². The molecular formula is C20H24N4O2. The van der Waals surface area contributed by atoms with E-state index in [1.54, 1.807) is 0 Å². The molecule has 0 radical (unpaired) electrons. The molecule has 1 N–H and O–H groups in total. The molecule has 0 atom stereocenters. The lowest BCUT2D eigenvalue weighted by Gasteiger charge is -2.09. The van der Waals surface area contributed by atoms with Gasteiger partial charge in [-0.1, -0.05) is 36.4 Å². The van der Waals surface area contributed by atoms with Crippen LogP contribution in [0, 0.1) is 6.92 Å². The molecule has 136 valence electrons. The maximum Gasteiger partial charge on any atom is 0.220 e. The van der Waals surface area contributed by atoms with Crippen molar-refractivity contribution in [1.29, 1.82) is 0 Å². The van der Waals surface area contributed by atoms with Crippen LogP contribution in [0.1, 0.15) is 24.5 Å². The molecule has 0 saturated carbocycles. The van der Waals surface area contributed by atoms with Crippen LogP contribution in [0.3, 0.4) is 0 Å². The standard InChI is InChI=1S/C20H24N4O2/c1-15-22-23-19(24(15)2)12-13-21-20(25)11-6-14-26-18-10-5-8-16-7-3-4-9-17(16)18/h3-5,7-10H,6,11-14H2,1-2H3,(H,21,25). The SMILES string of the molecule is Cc1nnc(CCNC(=O)CCCOc2cccc3ccccc23)n1C. The van der Waals surface area contributed by atoms with Crippen LogP contribution in [0.15, 0.2) is 42.5 Å². The molecule has 0 unspecified atom stereocenters. The zero-order chi connectivity index (χ0) is 18.4. The second-order valence-electron chi connectivity index (χ2n) is 6.25. The van der Waals surface area contributed by atoms with Gasteiger partial charge in [0.2, 0.25) is 5.91 Å². The van der Waals surface area contributed by atoms with Crippen LogP contribution in [0.5, 0.6) is 5.75 Å². The lowest BCUT2D eigenvalue weighted by molar-refractivity contribution is -0.121. The summed E-state index contributed by atoms with van der Waals surface area (Å²) in [4.78, 5) is 11.9. The fourth-order valence-electron chi connectivity index (χ4n) is 2.81. The van der Waals surface area contributed by atoms with Crippen molar-refractivity contribution in [1.82, 2.24) is 20.1 Å². The van der Waals surface area contributed by atoms with E-state index in [9.17, 15) is 4.79 Å². The van der Waals surface area contributed by atoms with E-state index in [2.05, 4.69) is 27.6 Å². The van der Waals surface area contributed by atoms with Gasteiger partial charge in [-0.15, -0.1) is 10.2 Å². The second-order valence-corrected chi connectivity index (χ2v) is 6.25. The molecule has 1 heterocycles. The Morgan fingerprint density at radius 1 is 1.15 bits per heavy atom. The quantitative estimate of drug-likeness (QED) is 0.633.